The third-order valence-corrected chi connectivity index (χ3v) is 6.10. The fraction of sp³-hybridized carbons (Fsp3) is 0.417. The van der Waals surface area contributed by atoms with Crippen molar-refractivity contribution in [1.29, 1.82) is 0 Å². The average molecular weight is 426 g/mol. The molecule has 0 spiro atoms. The lowest BCUT2D eigenvalue weighted by molar-refractivity contribution is -0.135. The average Bonchev–Trinajstić information content (AvgIpc) is 2.99. The summed E-state index contributed by atoms with van der Waals surface area (Å²) in [5.74, 6) is 0.326. The van der Waals surface area contributed by atoms with Gasteiger partial charge in [-0.15, -0.1) is 0 Å². The molecule has 0 aliphatic carbocycles. The second-order valence-electron chi connectivity index (χ2n) is 8.17. The summed E-state index contributed by atoms with van der Waals surface area (Å²) in [4.78, 5) is 31.5. The summed E-state index contributed by atoms with van der Waals surface area (Å²) in [6, 6.07) is 14.1. The molecule has 4 rings (SSSR count). The van der Waals surface area contributed by atoms with Crippen LogP contribution in [0.3, 0.4) is 0 Å². The summed E-state index contributed by atoms with van der Waals surface area (Å²) < 4.78 is 18.4. The van der Waals surface area contributed by atoms with E-state index in [0.717, 1.165) is 30.0 Å². The standard InChI is InChI=1S/C24H28FN3O3/c1-31-22-9-3-18(4-10-22)16-28-17-19(15-23(28)29)24(30)27-12-2-11-26(13-14-27)21-7-5-20(25)6-8-21/h3-10,19H,2,11-17H2,1H3. The van der Waals surface area contributed by atoms with E-state index in [1.54, 1.807) is 24.1 Å². The minimum atomic E-state index is -0.289. The number of halogens is 1. The topological polar surface area (TPSA) is 53.1 Å². The van der Waals surface area contributed by atoms with Crippen molar-refractivity contribution in [2.24, 2.45) is 5.92 Å². The third kappa shape index (κ3) is 4.98. The second kappa shape index (κ2) is 9.37. The number of rotatable bonds is 5. The van der Waals surface area contributed by atoms with Crippen LogP contribution in [0.4, 0.5) is 10.1 Å². The van der Waals surface area contributed by atoms with E-state index in [0.29, 0.717) is 32.7 Å². The van der Waals surface area contributed by atoms with Gasteiger partial charge in [0.1, 0.15) is 11.6 Å². The first-order valence-corrected chi connectivity index (χ1v) is 10.7. The zero-order valence-corrected chi connectivity index (χ0v) is 17.8. The number of carbonyl (C=O) groups excluding carboxylic acids is 2. The van der Waals surface area contributed by atoms with Gasteiger partial charge in [-0.2, -0.15) is 0 Å². The van der Waals surface area contributed by atoms with Gasteiger partial charge in [0.15, 0.2) is 0 Å². The highest BCUT2D eigenvalue weighted by atomic mass is 19.1. The highest BCUT2D eigenvalue weighted by Gasteiger charge is 2.36. The molecule has 1 atom stereocenters. The minimum absolute atomic E-state index is 0.0249. The minimum Gasteiger partial charge on any atom is -0.497 e. The molecule has 0 bridgehead atoms. The third-order valence-electron chi connectivity index (χ3n) is 6.10. The molecule has 1 unspecified atom stereocenters. The van der Waals surface area contributed by atoms with Gasteiger partial charge in [0.2, 0.25) is 11.8 Å². The maximum atomic E-state index is 13.2. The van der Waals surface area contributed by atoms with E-state index in [1.165, 1.54) is 12.1 Å². The van der Waals surface area contributed by atoms with Crippen LogP contribution in [-0.2, 0) is 16.1 Å². The summed E-state index contributed by atoms with van der Waals surface area (Å²) in [5, 5.41) is 0. The molecule has 0 saturated carbocycles. The van der Waals surface area contributed by atoms with Crippen molar-refractivity contribution < 1.29 is 18.7 Å². The van der Waals surface area contributed by atoms with Crippen molar-refractivity contribution in [3.63, 3.8) is 0 Å². The van der Waals surface area contributed by atoms with Gasteiger partial charge in [-0.1, -0.05) is 12.1 Å². The molecule has 0 N–H and O–H groups in total. The number of carbonyl (C=O) groups is 2. The molecule has 2 fully saturated rings. The smallest absolute Gasteiger partial charge is 0.228 e. The van der Waals surface area contributed by atoms with E-state index >= 15 is 0 Å². The van der Waals surface area contributed by atoms with Gasteiger partial charge in [-0.05, 0) is 48.4 Å². The fourth-order valence-corrected chi connectivity index (χ4v) is 4.35. The van der Waals surface area contributed by atoms with Gasteiger partial charge in [0, 0.05) is 51.4 Å². The number of anilines is 1. The van der Waals surface area contributed by atoms with Gasteiger partial charge in [0.05, 0.1) is 13.0 Å². The molecule has 2 aliphatic heterocycles. The first-order chi connectivity index (χ1) is 15.0. The van der Waals surface area contributed by atoms with Crippen molar-refractivity contribution in [3.8, 4) is 5.75 Å². The fourth-order valence-electron chi connectivity index (χ4n) is 4.35. The van der Waals surface area contributed by atoms with E-state index in [9.17, 15) is 14.0 Å². The highest BCUT2D eigenvalue weighted by Crippen LogP contribution is 2.24. The summed E-state index contributed by atoms with van der Waals surface area (Å²) in [6.07, 6.45) is 1.12. The SMILES string of the molecule is COc1ccc(CN2CC(C(=O)N3CCCN(c4ccc(F)cc4)CC3)CC2=O)cc1. The van der Waals surface area contributed by atoms with Crippen LogP contribution < -0.4 is 9.64 Å². The Morgan fingerprint density at radius 3 is 2.48 bits per heavy atom. The molecule has 2 aliphatic rings. The maximum absolute atomic E-state index is 13.2. The van der Waals surface area contributed by atoms with Crippen LogP contribution >= 0.6 is 0 Å². The van der Waals surface area contributed by atoms with Crippen LogP contribution in [0.1, 0.15) is 18.4 Å². The number of methoxy groups -OCH3 is 1. The highest BCUT2D eigenvalue weighted by molar-refractivity contribution is 5.89. The van der Waals surface area contributed by atoms with E-state index in [-0.39, 0.29) is 30.0 Å². The number of amides is 2. The van der Waals surface area contributed by atoms with Gasteiger partial charge in [-0.25, -0.2) is 4.39 Å². The Labute approximate surface area is 182 Å². The predicted molar refractivity (Wildman–Crippen MR) is 116 cm³/mol. The van der Waals surface area contributed by atoms with Crippen LogP contribution in [0.5, 0.6) is 5.75 Å². The number of likely N-dealkylation sites (tertiary alicyclic amines) is 1. The van der Waals surface area contributed by atoms with E-state index < -0.39 is 0 Å². The molecule has 31 heavy (non-hydrogen) atoms. The zero-order chi connectivity index (χ0) is 21.8. The largest absolute Gasteiger partial charge is 0.497 e. The molecule has 6 nitrogen and oxygen atoms in total. The number of hydrogen-bond acceptors (Lipinski definition) is 4. The first kappa shape index (κ1) is 21.2. The van der Waals surface area contributed by atoms with Crippen LogP contribution in [0, 0.1) is 11.7 Å². The molecule has 0 radical (unpaired) electrons. The van der Waals surface area contributed by atoms with Crippen molar-refractivity contribution in [3.05, 3.63) is 59.9 Å². The first-order valence-electron chi connectivity index (χ1n) is 10.7. The molecular formula is C24H28FN3O3. The molecule has 2 saturated heterocycles. The van der Waals surface area contributed by atoms with Gasteiger partial charge in [0.25, 0.3) is 0 Å². The number of nitrogens with zero attached hydrogens (tertiary/aromatic N) is 3. The monoisotopic (exact) mass is 425 g/mol. The van der Waals surface area contributed by atoms with Crippen molar-refractivity contribution in [2.45, 2.75) is 19.4 Å². The number of benzene rings is 2. The molecule has 0 aromatic heterocycles. The lowest BCUT2D eigenvalue weighted by atomic mass is 10.1. The Balaban J connectivity index is 1.33. The van der Waals surface area contributed by atoms with E-state index in [2.05, 4.69) is 4.90 Å². The van der Waals surface area contributed by atoms with Gasteiger partial charge >= 0.3 is 0 Å². The van der Waals surface area contributed by atoms with Crippen LogP contribution in [0.15, 0.2) is 48.5 Å². The van der Waals surface area contributed by atoms with Crippen LogP contribution in [0.2, 0.25) is 0 Å². The van der Waals surface area contributed by atoms with Gasteiger partial charge in [-0.3, -0.25) is 9.59 Å². The lowest BCUT2D eigenvalue weighted by Gasteiger charge is -2.25. The number of ether oxygens (including phenoxy) is 1. The normalized spacial score (nSPS) is 19.5. The Kier molecular flexibility index (Phi) is 6.39. The molecule has 7 heteroatoms. The van der Waals surface area contributed by atoms with Crippen molar-refractivity contribution in [2.75, 3.05) is 44.7 Å². The maximum Gasteiger partial charge on any atom is 0.228 e. The predicted octanol–water partition coefficient (Wildman–Crippen LogP) is 2.92. The van der Waals surface area contributed by atoms with Crippen LogP contribution in [0.25, 0.3) is 0 Å². The molecule has 2 heterocycles. The Hall–Kier alpha value is -3.09. The zero-order valence-electron chi connectivity index (χ0n) is 17.8. The molecular weight excluding hydrogens is 397 g/mol. The van der Waals surface area contributed by atoms with E-state index in [4.69, 9.17) is 4.74 Å². The molecule has 2 amide bonds. The quantitative estimate of drug-likeness (QED) is 0.739. The Morgan fingerprint density at radius 1 is 1.03 bits per heavy atom. The van der Waals surface area contributed by atoms with Crippen molar-refractivity contribution in [1.82, 2.24) is 9.80 Å². The molecule has 164 valence electrons. The lowest BCUT2D eigenvalue weighted by Crippen LogP contribution is -2.40. The van der Waals surface area contributed by atoms with Gasteiger partial charge < -0.3 is 19.4 Å². The molecule has 2 aromatic carbocycles. The van der Waals surface area contributed by atoms with Crippen LogP contribution in [-0.4, -0.2) is 61.4 Å². The van der Waals surface area contributed by atoms with E-state index in [1.807, 2.05) is 29.2 Å². The number of hydrogen-bond donors (Lipinski definition) is 0. The Bertz CT molecular complexity index is 917. The Morgan fingerprint density at radius 2 is 1.77 bits per heavy atom. The van der Waals surface area contributed by atoms with Crippen molar-refractivity contribution >= 4 is 17.5 Å². The summed E-state index contributed by atoms with van der Waals surface area (Å²) in [6.45, 7) is 3.78. The summed E-state index contributed by atoms with van der Waals surface area (Å²) in [7, 11) is 1.62. The second-order valence-corrected chi connectivity index (χ2v) is 8.17. The molecule has 2 aromatic rings. The summed E-state index contributed by atoms with van der Waals surface area (Å²) in [5.41, 5.74) is 1.99. The summed E-state index contributed by atoms with van der Waals surface area (Å²) >= 11 is 0.